The zero-order chi connectivity index (χ0) is 14.8. The van der Waals surface area contributed by atoms with Gasteiger partial charge in [-0.1, -0.05) is 24.3 Å². The maximum Gasteiger partial charge on any atom is 0.186 e. The Morgan fingerprint density at radius 1 is 1.10 bits per heavy atom. The molecular weight excluding hydrogens is 347 g/mol. The highest BCUT2D eigenvalue weighted by atomic mass is 79.9. The van der Waals surface area contributed by atoms with Gasteiger partial charge < -0.3 is 0 Å². The molecule has 0 unspecified atom stereocenters. The number of carbonyl (C=O) groups excluding carboxylic acids is 1. The Balaban J connectivity index is 2.30. The molecule has 0 heterocycles. The van der Waals surface area contributed by atoms with Gasteiger partial charge in [-0.05, 0) is 40.2 Å². The number of halogens is 2. The first-order valence-corrected chi connectivity index (χ1v) is 8.11. The maximum atomic E-state index is 13.0. The van der Waals surface area contributed by atoms with Crippen LogP contribution in [0.15, 0.2) is 57.9 Å². The highest BCUT2D eigenvalue weighted by Gasteiger charge is 2.22. The Hall–Kier alpha value is -1.53. The van der Waals surface area contributed by atoms with Crippen molar-refractivity contribution in [1.29, 1.82) is 0 Å². The SMILES string of the molecule is O=C(CS(=O)(=O)c1ccccc1Br)c1cccc(F)c1. The van der Waals surface area contributed by atoms with E-state index in [0.717, 1.165) is 6.07 Å². The van der Waals surface area contributed by atoms with E-state index in [9.17, 15) is 17.6 Å². The Morgan fingerprint density at radius 2 is 1.80 bits per heavy atom. The number of carbonyl (C=O) groups is 1. The molecule has 0 aliphatic carbocycles. The molecule has 3 nitrogen and oxygen atoms in total. The minimum Gasteiger partial charge on any atom is -0.293 e. The lowest BCUT2D eigenvalue weighted by molar-refractivity contribution is 0.102. The van der Waals surface area contributed by atoms with Crippen LogP contribution in [-0.2, 0) is 9.84 Å². The van der Waals surface area contributed by atoms with Crippen LogP contribution < -0.4 is 0 Å². The molecule has 0 saturated carbocycles. The first-order chi connectivity index (χ1) is 9.40. The van der Waals surface area contributed by atoms with Crippen molar-refractivity contribution in [2.45, 2.75) is 4.90 Å². The largest absolute Gasteiger partial charge is 0.293 e. The molecule has 0 N–H and O–H groups in total. The van der Waals surface area contributed by atoms with Crippen LogP contribution in [-0.4, -0.2) is 20.0 Å². The molecule has 0 amide bonds. The van der Waals surface area contributed by atoms with Crippen LogP contribution in [0.2, 0.25) is 0 Å². The van der Waals surface area contributed by atoms with Crippen molar-refractivity contribution in [3.8, 4) is 0 Å². The molecule has 0 saturated heterocycles. The topological polar surface area (TPSA) is 51.2 Å². The third-order valence-electron chi connectivity index (χ3n) is 2.64. The fraction of sp³-hybridized carbons (Fsp3) is 0.0714. The molecule has 0 spiro atoms. The molecule has 2 rings (SSSR count). The van der Waals surface area contributed by atoms with E-state index in [1.54, 1.807) is 18.2 Å². The molecule has 0 aliphatic heterocycles. The Labute approximate surface area is 124 Å². The highest BCUT2D eigenvalue weighted by molar-refractivity contribution is 9.10. The first kappa shape index (κ1) is 14.9. The first-order valence-electron chi connectivity index (χ1n) is 5.66. The van der Waals surface area contributed by atoms with Crippen LogP contribution in [0.25, 0.3) is 0 Å². The molecule has 2 aromatic carbocycles. The van der Waals surface area contributed by atoms with E-state index in [0.29, 0.717) is 4.47 Å². The van der Waals surface area contributed by atoms with Gasteiger partial charge in [0.25, 0.3) is 0 Å². The molecular formula is C14H10BrFO3S. The molecule has 0 aromatic heterocycles. The average Bonchev–Trinajstić information content (AvgIpc) is 2.38. The Kier molecular flexibility index (Phi) is 4.35. The molecule has 0 bridgehead atoms. The minimum atomic E-state index is -3.77. The fourth-order valence-electron chi connectivity index (χ4n) is 1.69. The van der Waals surface area contributed by atoms with E-state index in [1.807, 2.05) is 0 Å². The third-order valence-corrected chi connectivity index (χ3v) is 5.26. The summed E-state index contributed by atoms with van der Waals surface area (Å²) in [5, 5.41) is 0. The monoisotopic (exact) mass is 356 g/mol. The van der Waals surface area contributed by atoms with Gasteiger partial charge in [0.05, 0.1) is 4.90 Å². The van der Waals surface area contributed by atoms with Crippen molar-refractivity contribution < 1.29 is 17.6 Å². The number of Topliss-reactive ketones (excluding diaryl/α,β-unsaturated/α-hetero) is 1. The van der Waals surface area contributed by atoms with Gasteiger partial charge in [-0.25, -0.2) is 12.8 Å². The van der Waals surface area contributed by atoms with Gasteiger partial charge in [-0.3, -0.25) is 4.79 Å². The van der Waals surface area contributed by atoms with Crippen molar-refractivity contribution in [3.63, 3.8) is 0 Å². The van der Waals surface area contributed by atoms with Crippen LogP contribution in [0.5, 0.6) is 0 Å². The van der Waals surface area contributed by atoms with E-state index in [2.05, 4.69) is 15.9 Å². The van der Waals surface area contributed by atoms with Crippen LogP contribution >= 0.6 is 15.9 Å². The van der Waals surface area contributed by atoms with Crippen molar-refractivity contribution in [1.82, 2.24) is 0 Å². The summed E-state index contributed by atoms with van der Waals surface area (Å²) in [4.78, 5) is 12.0. The lowest BCUT2D eigenvalue weighted by Gasteiger charge is -2.06. The second kappa shape index (κ2) is 5.85. The molecule has 0 atom stereocenters. The Morgan fingerprint density at radius 3 is 2.45 bits per heavy atom. The van der Waals surface area contributed by atoms with Crippen molar-refractivity contribution >= 4 is 31.6 Å². The van der Waals surface area contributed by atoms with Crippen molar-refractivity contribution in [3.05, 3.63) is 64.4 Å². The summed E-state index contributed by atoms with van der Waals surface area (Å²) < 4.78 is 37.8. The molecule has 0 radical (unpaired) electrons. The molecule has 0 aliphatic rings. The Bertz CT molecular complexity index is 757. The second-order valence-electron chi connectivity index (χ2n) is 4.12. The van der Waals surface area contributed by atoms with Gasteiger partial charge in [-0.15, -0.1) is 0 Å². The minimum absolute atomic E-state index is 0.0422. The number of sulfone groups is 1. The van der Waals surface area contributed by atoms with Gasteiger partial charge in [0.2, 0.25) is 0 Å². The predicted molar refractivity (Wildman–Crippen MR) is 76.9 cm³/mol. The summed E-state index contributed by atoms with van der Waals surface area (Å²) in [5.74, 6) is -1.91. The van der Waals surface area contributed by atoms with E-state index in [1.165, 1.54) is 24.3 Å². The summed E-state index contributed by atoms with van der Waals surface area (Å²) in [5.41, 5.74) is 0.0422. The average molecular weight is 357 g/mol. The summed E-state index contributed by atoms with van der Waals surface area (Å²) >= 11 is 3.14. The van der Waals surface area contributed by atoms with Crippen LogP contribution in [0.4, 0.5) is 4.39 Å². The summed E-state index contributed by atoms with van der Waals surface area (Å²) in [6, 6.07) is 11.2. The zero-order valence-electron chi connectivity index (χ0n) is 10.2. The second-order valence-corrected chi connectivity index (χ2v) is 6.94. The molecule has 6 heteroatoms. The lowest BCUT2D eigenvalue weighted by Crippen LogP contribution is -2.17. The zero-order valence-corrected chi connectivity index (χ0v) is 12.6. The number of ketones is 1. The number of hydrogen-bond acceptors (Lipinski definition) is 3. The molecule has 2 aromatic rings. The third kappa shape index (κ3) is 3.32. The molecule has 20 heavy (non-hydrogen) atoms. The van der Waals surface area contributed by atoms with Gasteiger partial charge in [0.1, 0.15) is 11.6 Å². The molecule has 0 fully saturated rings. The van der Waals surface area contributed by atoms with Gasteiger partial charge in [0, 0.05) is 10.0 Å². The van der Waals surface area contributed by atoms with E-state index in [4.69, 9.17) is 0 Å². The normalized spacial score (nSPS) is 11.3. The van der Waals surface area contributed by atoms with Gasteiger partial charge >= 0.3 is 0 Å². The van der Waals surface area contributed by atoms with E-state index < -0.39 is 27.2 Å². The maximum absolute atomic E-state index is 13.0. The standard InChI is InChI=1S/C14H10BrFO3S/c15-12-6-1-2-7-14(12)20(18,19)9-13(17)10-4-3-5-11(16)8-10/h1-8H,9H2. The quantitative estimate of drug-likeness (QED) is 0.790. The smallest absolute Gasteiger partial charge is 0.186 e. The summed E-state index contributed by atoms with van der Waals surface area (Å²) in [6.07, 6.45) is 0. The highest BCUT2D eigenvalue weighted by Crippen LogP contribution is 2.23. The van der Waals surface area contributed by atoms with Crippen LogP contribution in [0.1, 0.15) is 10.4 Å². The van der Waals surface area contributed by atoms with E-state index >= 15 is 0 Å². The fourth-order valence-corrected chi connectivity index (χ4v) is 4.04. The number of rotatable bonds is 4. The molecule has 104 valence electrons. The van der Waals surface area contributed by atoms with Crippen LogP contribution in [0, 0.1) is 5.82 Å². The number of hydrogen-bond donors (Lipinski definition) is 0. The van der Waals surface area contributed by atoms with Crippen molar-refractivity contribution in [2.75, 3.05) is 5.75 Å². The van der Waals surface area contributed by atoms with Crippen molar-refractivity contribution in [2.24, 2.45) is 0 Å². The van der Waals surface area contributed by atoms with Gasteiger partial charge in [-0.2, -0.15) is 0 Å². The summed E-state index contributed by atoms with van der Waals surface area (Å²) in [7, 11) is -3.77. The predicted octanol–water partition coefficient (Wildman–Crippen LogP) is 3.24. The lowest BCUT2D eigenvalue weighted by atomic mass is 10.1. The van der Waals surface area contributed by atoms with Crippen LogP contribution in [0.3, 0.4) is 0 Å². The van der Waals surface area contributed by atoms with Gasteiger partial charge in [0.15, 0.2) is 15.6 Å². The van der Waals surface area contributed by atoms with E-state index in [-0.39, 0.29) is 10.5 Å². The number of benzene rings is 2. The summed E-state index contributed by atoms with van der Waals surface area (Å²) in [6.45, 7) is 0.